The van der Waals surface area contributed by atoms with Crippen LogP contribution in [0.4, 0.5) is 0 Å². The summed E-state index contributed by atoms with van der Waals surface area (Å²) in [6.07, 6.45) is 7.98. The number of hydrogen-bond acceptors (Lipinski definition) is 4. The first-order valence-corrected chi connectivity index (χ1v) is 8.18. The lowest BCUT2D eigenvalue weighted by molar-refractivity contribution is -0.148. The number of esters is 1. The first kappa shape index (κ1) is 14.8. The fraction of sp³-hybridized carbons (Fsp3) is 0.875. The van der Waals surface area contributed by atoms with Crippen molar-refractivity contribution in [3.05, 3.63) is 0 Å². The minimum absolute atomic E-state index is 0.0594. The van der Waals surface area contributed by atoms with Crippen LogP contribution in [0.2, 0.25) is 0 Å². The number of carbonyl (C=O) groups excluding carboxylic acids is 2. The monoisotopic (exact) mass is 295 g/mol. The van der Waals surface area contributed by atoms with Crippen molar-refractivity contribution in [1.29, 1.82) is 0 Å². The first-order valence-electron chi connectivity index (χ1n) is 8.18. The summed E-state index contributed by atoms with van der Waals surface area (Å²) >= 11 is 0. The molecule has 0 aromatic heterocycles. The Morgan fingerprint density at radius 2 is 1.81 bits per heavy atom. The lowest BCUT2D eigenvalue weighted by Gasteiger charge is -2.29. The quantitative estimate of drug-likeness (QED) is 0.783. The van der Waals surface area contributed by atoms with E-state index >= 15 is 0 Å². The molecule has 21 heavy (non-hydrogen) atoms. The zero-order valence-corrected chi connectivity index (χ0v) is 12.7. The average molecular weight is 295 g/mol. The van der Waals surface area contributed by atoms with Crippen LogP contribution in [0, 0.1) is 17.8 Å². The second kappa shape index (κ2) is 6.34. The molecule has 5 heteroatoms. The second-order valence-electron chi connectivity index (χ2n) is 6.69. The molecule has 3 aliphatic carbocycles. The van der Waals surface area contributed by atoms with Crippen LogP contribution in [0.5, 0.6) is 0 Å². The van der Waals surface area contributed by atoms with E-state index < -0.39 is 0 Å². The summed E-state index contributed by atoms with van der Waals surface area (Å²) in [6.45, 7) is 0.118. The number of carbonyl (C=O) groups is 2. The molecule has 0 aliphatic heterocycles. The number of rotatable bonds is 5. The Kier molecular flexibility index (Phi) is 4.48. The van der Waals surface area contributed by atoms with Gasteiger partial charge in [0.1, 0.15) is 6.61 Å². The van der Waals surface area contributed by atoms with Gasteiger partial charge in [-0.3, -0.25) is 9.59 Å². The van der Waals surface area contributed by atoms with Crippen molar-refractivity contribution in [3.8, 4) is 0 Å². The highest BCUT2D eigenvalue weighted by atomic mass is 16.5. The van der Waals surface area contributed by atoms with Crippen molar-refractivity contribution in [2.24, 2.45) is 17.8 Å². The Hall–Kier alpha value is -1.10. The third kappa shape index (κ3) is 3.07. The van der Waals surface area contributed by atoms with E-state index in [0.29, 0.717) is 11.8 Å². The van der Waals surface area contributed by atoms with Crippen molar-refractivity contribution < 1.29 is 19.1 Å². The molecule has 0 saturated heterocycles. The van der Waals surface area contributed by atoms with Gasteiger partial charge in [0, 0.05) is 6.04 Å². The Morgan fingerprint density at radius 3 is 2.52 bits per heavy atom. The summed E-state index contributed by atoms with van der Waals surface area (Å²) in [5.74, 6) is 0.375. The topological polar surface area (TPSA) is 64.6 Å². The van der Waals surface area contributed by atoms with Gasteiger partial charge in [0.25, 0.3) is 0 Å². The van der Waals surface area contributed by atoms with Gasteiger partial charge in [0.05, 0.1) is 19.1 Å². The molecule has 0 radical (unpaired) electrons. The summed E-state index contributed by atoms with van der Waals surface area (Å²) in [5, 5.41) is 3.03. The number of hydrogen-bond donors (Lipinski definition) is 1. The van der Waals surface area contributed by atoms with Gasteiger partial charge >= 0.3 is 5.97 Å². The Labute approximate surface area is 125 Å². The van der Waals surface area contributed by atoms with E-state index in [1.165, 1.54) is 20.0 Å². The van der Waals surface area contributed by atoms with Crippen molar-refractivity contribution in [1.82, 2.24) is 5.32 Å². The van der Waals surface area contributed by atoms with Crippen LogP contribution in [0.25, 0.3) is 0 Å². The van der Waals surface area contributed by atoms with Gasteiger partial charge in [-0.25, -0.2) is 0 Å². The summed E-state index contributed by atoms with van der Waals surface area (Å²) in [5.41, 5.74) is 0. The zero-order valence-electron chi connectivity index (χ0n) is 12.7. The molecule has 118 valence electrons. The molecule has 3 fully saturated rings. The maximum Gasteiger partial charge on any atom is 0.311 e. The average Bonchev–Trinajstić information content (AvgIpc) is 3.21. The maximum absolute atomic E-state index is 12.1. The number of methoxy groups -OCH3 is 1. The van der Waals surface area contributed by atoms with Crippen LogP contribution in [-0.2, 0) is 19.1 Å². The highest BCUT2D eigenvalue weighted by molar-refractivity contribution is 5.80. The summed E-state index contributed by atoms with van der Waals surface area (Å²) in [4.78, 5) is 24.1. The van der Waals surface area contributed by atoms with E-state index in [9.17, 15) is 9.59 Å². The predicted octanol–water partition coefficient (Wildman–Crippen LogP) is 1.65. The van der Waals surface area contributed by atoms with Crippen LogP contribution >= 0.6 is 0 Å². The number of ether oxygens (including phenoxy) is 2. The highest BCUT2D eigenvalue weighted by Gasteiger charge is 2.51. The molecule has 1 amide bonds. The van der Waals surface area contributed by atoms with Crippen LogP contribution < -0.4 is 5.32 Å². The fourth-order valence-electron chi connectivity index (χ4n) is 4.45. The Bertz CT molecular complexity index is 405. The molecule has 0 aromatic carbocycles. The van der Waals surface area contributed by atoms with Crippen molar-refractivity contribution in [2.45, 2.75) is 57.1 Å². The number of fused-ring (bicyclic) bond motifs is 2. The number of nitrogens with one attached hydrogen (secondary N) is 1. The molecule has 0 aromatic rings. The minimum Gasteiger partial charge on any atom is -0.469 e. The molecule has 1 N–H and O–H groups in total. The van der Waals surface area contributed by atoms with E-state index in [2.05, 4.69) is 5.32 Å². The molecular weight excluding hydrogens is 270 g/mol. The smallest absolute Gasteiger partial charge is 0.311 e. The molecular formula is C16H25NO4. The van der Waals surface area contributed by atoms with Gasteiger partial charge < -0.3 is 14.8 Å². The van der Waals surface area contributed by atoms with Gasteiger partial charge in [0.2, 0.25) is 5.91 Å². The highest BCUT2D eigenvalue weighted by Crippen LogP contribution is 2.48. The third-order valence-electron chi connectivity index (χ3n) is 5.47. The van der Waals surface area contributed by atoms with Gasteiger partial charge in [-0.2, -0.15) is 0 Å². The van der Waals surface area contributed by atoms with Gasteiger partial charge in [-0.05, 0) is 43.9 Å². The van der Waals surface area contributed by atoms with Crippen LogP contribution in [0.15, 0.2) is 0 Å². The summed E-state index contributed by atoms with van der Waals surface area (Å²) < 4.78 is 10.6. The maximum atomic E-state index is 12.1. The standard InChI is InChI=1S/C16H25NO4/c1-20-16(19)14-10-6-7-11(8-10)15(14)17-13(18)9-21-12-4-2-3-5-12/h10-12,14-15H,2-9H2,1H3,(H,17,18). The number of amides is 1. The molecule has 5 nitrogen and oxygen atoms in total. The van der Waals surface area contributed by atoms with Gasteiger partial charge in [0.15, 0.2) is 0 Å². The first-order chi connectivity index (χ1) is 10.2. The van der Waals surface area contributed by atoms with Gasteiger partial charge in [-0.15, -0.1) is 0 Å². The zero-order chi connectivity index (χ0) is 14.8. The van der Waals surface area contributed by atoms with E-state index in [-0.39, 0.29) is 36.5 Å². The molecule has 0 heterocycles. The van der Waals surface area contributed by atoms with E-state index in [1.807, 2.05) is 0 Å². The van der Waals surface area contributed by atoms with Crippen molar-refractivity contribution in [2.75, 3.05) is 13.7 Å². The van der Waals surface area contributed by atoms with Crippen LogP contribution in [0.3, 0.4) is 0 Å². The molecule has 4 atom stereocenters. The summed E-state index contributed by atoms with van der Waals surface area (Å²) in [6, 6.07) is -0.0594. The lowest BCUT2D eigenvalue weighted by Crippen LogP contribution is -2.48. The lowest BCUT2D eigenvalue weighted by atomic mass is 9.84. The van der Waals surface area contributed by atoms with E-state index in [4.69, 9.17) is 9.47 Å². The van der Waals surface area contributed by atoms with Crippen LogP contribution in [0.1, 0.15) is 44.9 Å². The largest absolute Gasteiger partial charge is 0.469 e. The Morgan fingerprint density at radius 1 is 1.10 bits per heavy atom. The van der Waals surface area contributed by atoms with Crippen molar-refractivity contribution in [3.63, 3.8) is 0 Å². The Balaban J connectivity index is 1.52. The van der Waals surface area contributed by atoms with Gasteiger partial charge in [-0.1, -0.05) is 12.8 Å². The minimum atomic E-state index is -0.177. The summed E-state index contributed by atoms with van der Waals surface area (Å²) in [7, 11) is 1.43. The van der Waals surface area contributed by atoms with Crippen molar-refractivity contribution >= 4 is 11.9 Å². The fourth-order valence-corrected chi connectivity index (χ4v) is 4.45. The molecule has 2 bridgehead atoms. The molecule has 3 rings (SSSR count). The normalized spacial score (nSPS) is 35.1. The molecule has 4 unspecified atom stereocenters. The van der Waals surface area contributed by atoms with Crippen LogP contribution in [-0.4, -0.2) is 37.7 Å². The molecule has 3 aliphatic rings. The van der Waals surface area contributed by atoms with E-state index in [0.717, 1.165) is 32.1 Å². The second-order valence-corrected chi connectivity index (χ2v) is 6.69. The molecule has 0 spiro atoms. The predicted molar refractivity (Wildman–Crippen MR) is 76.5 cm³/mol. The third-order valence-corrected chi connectivity index (χ3v) is 5.47. The van der Waals surface area contributed by atoms with E-state index in [1.54, 1.807) is 0 Å². The SMILES string of the molecule is COC(=O)C1C2CCC(C2)C1NC(=O)COC1CCCC1. The molecule has 3 saturated carbocycles.